The van der Waals surface area contributed by atoms with Crippen molar-refractivity contribution in [2.24, 2.45) is 0 Å². The highest BCUT2D eigenvalue weighted by molar-refractivity contribution is 8.18. The summed E-state index contributed by atoms with van der Waals surface area (Å²) in [5.41, 5.74) is 0.554. The molecule has 0 spiro atoms. The maximum Gasteiger partial charge on any atom is 0.343 e. The van der Waals surface area contributed by atoms with Crippen LogP contribution in [0.5, 0.6) is 11.5 Å². The van der Waals surface area contributed by atoms with Crippen molar-refractivity contribution in [1.29, 1.82) is 0 Å². The lowest BCUT2D eigenvalue weighted by molar-refractivity contribution is -0.142. The topological polar surface area (TPSA) is 82.1 Å². The van der Waals surface area contributed by atoms with Crippen molar-refractivity contribution in [3.05, 3.63) is 40.3 Å². The molecule has 7 nitrogen and oxygen atoms in total. The van der Waals surface area contributed by atoms with Crippen LogP contribution in [0.1, 0.15) is 12.5 Å². The summed E-state index contributed by atoms with van der Waals surface area (Å²) in [6.07, 6.45) is 3.03. The van der Waals surface area contributed by atoms with E-state index in [9.17, 15) is 14.4 Å². The minimum atomic E-state index is -0.562. The number of methoxy groups -OCH3 is 1. The van der Waals surface area contributed by atoms with Crippen molar-refractivity contribution < 1.29 is 28.6 Å². The Morgan fingerprint density at radius 1 is 1.33 bits per heavy atom. The van der Waals surface area contributed by atoms with E-state index >= 15 is 0 Å². The molecule has 1 aliphatic heterocycles. The molecule has 0 atom stereocenters. The lowest BCUT2D eigenvalue weighted by atomic mass is 10.1. The lowest BCUT2D eigenvalue weighted by Gasteiger charge is -2.14. The van der Waals surface area contributed by atoms with Crippen LogP contribution in [0.15, 0.2) is 29.7 Å². The highest BCUT2D eigenvalue weighted by Crippen LogP contribution is 2.39. The largest absolute Gasteiger partial charge is 0.490 e. The summed E-state index contributed by atoms with van der Waals surface area (Å²) in [6, 6.07) is 3.17. The molecule has 2 amide bonds. The van der Waals surface area contributed by atoms with E-state index in [0.29, 0.717) is 17.9 Å². The highest BCUT2D eigenvalue weighted by atomic mass is 35.5. The van der Waals surface area contributed by atoms with Crippen LogP contribution in [0.25, 0.3) is 6.08 Å². The summed E-state index contributed by atoms with van der Waals surface area (Å²) >= 11 is 7.09. The van der Waals surface area contributed by atoms with Gasteiger partial charge in [-0.25, -0.2) is 4.79 Å². The van der Waals surface area contributed by atoms with E-state index in [0.717, 1.165) is 16.7 Å². The molecule has 1 aromatic rings. The molecule has 144 valence electrons. The van der Waals surface area contributed by atoms with Crippen molar-refractivity contribution in [3.63, 3.8) is 0 Å². The van der Waals surface area contributed by atoms with Gasteiger partial charge in [-0.2, -0.15) is 0 Å². The fraction of sp³-hybridized carbons (Fsp3) is 0.278. The highest BCUT2D eigenvalue weighted by Gasteiger charge is 2.34. The molecule has 1 aromatic carbocycles. The molecule has 0 bridgehead atoms. The van der Waals surface area contributed by atoms with Gasteiger partial charge in [0.05, 0.1) is 23.6 Å². The Balaban J connectivity index is 2.33. The van der Waals surface area contributed by atoms with Crippen molar-refractivity contribution in [1.82, 2.24) is 4.90 Å². The maximum atomic E-state index is 12.3. The summed E-state index contributed by atoms with van der Waals surface area (Å²) in [4.78, 5) is 36.9. The van der Waals surface area contributed by atoms with Crippen LogP contribution in [0.2, 0.25) is 5.02 Å². The number of hydrogen-bond donors (Lipinski definition) is 0. The fourth-order valence-corrected chi connectivity index (χ4v) is 3.32. The number of nitrogens with zero attached hydrogens (tertiary/aromatic N) is 1. The van der Waals surface area contributed by atoms with E-state index in [-0.39, 0.29) is 34.1 Å². The average molecular weight is 412 g/mol. The Morgan fingerprint density at radius 3 is 2.70 bits per heavy atom. The van der Waals surface area contributed by atoms with Crippen molar-refractivity contribution in [2.45, 2.75) is 6.92 Å². The van der Waals surface area contributed by atoms with Gasteiger partial charge in [-0.3, -0.25) is 14.5 Å². The molecule has 27 heavy (non-hydrogen) atoms. The Bertz CT molecular complexity index is 807. The van der Waals surface area contributed by atoms with Gasteiger partial charge in [0.1, 0.15) is 0 Å². The van der Waals surface area contributed by atoms with E-state index in [1.165, 1.54) is 13.2 Å². The molecule has 1 saturated heterocycles. The quantitative estimate of drug-likeness (QED) is 0.367. The molecular weight excluding hydrogens is 394 g/mol. The van der Waals surface area contributed by atoms with Crippen LogP contribution in [0, 0.1) is 0 Å². The maximum absolute atomic E-state index is 12.3. The molecule has 0 saturated carbocycles. The number of benzene rings is 1. The molecule has 0 unspecified atom stereocenters. The van der Waals surface area contributed by atoms with Crippen LogP contribution < -0.4 is 9.47 Å². The molecule has 0 radical (unpaired) electrons. The summed E-state index contributed by atoms with van der Waals surface area (Å²) in [5.74, 6) is -0.454. The SMILES string of the molecule is C=CCN1C(=O)S/C(=C\c2cc(Cl)c(OCC(=O)OC)c(OCC)c2)C1=O. The van der Waals surface area contributed by atoms with Gasteiger partial charge in [-0.15, -0.1) is 6.58 Å². The Labute approximate surface area is 165 Å². The van der Waals surface area contributed by atoms with E-state index in [1.807, 2.05) is 0 Å². The molecular formula is C18H18ClNO6S. The third-order valence-corrected chi connectivity index (χ3v) is 4.56. The fourth-order valence-electron chi connectivity index (χ4n) is 2.20. The number of esters is 1. The third kappa shape index (κ3) is 5.05. The predicted octanol–water partition coefficient (Wildman–Crippen LogP) is 3.51. The summed E-state index contributed by atoms with van der Waals surface area (Å²) < 4.78 is 15.4. The second-order valence-corrected chi connectivity index (χ2v) is 6.61. The van der Waals surface area contributed by atoms with Crippen LogP contribution in [-0.2, 0) is 14.3 Å². The first-order valence-corrected chi connectivity index (χ1v) is 9.12. The summed E-state index contributed by atoms with van der Waals surface area (Å²) in [6.45, 7) is 5.48. The molecule has 0 N–H and O–H groups in total. The number of imide groups is 1. The number of thioether (sulfide) groups is 1. The van der Waals surface area contributed by atoms with Gasteiger partial charge in [-0.1, -0.05) is 17.7 Å². The van der Waals surface area contributed by atoms with Gasteiger partial charge < -0.3 is 14.2 Å². The van der Waals surface area contributed by atoms with Crippen LogP contribution in [-0.4, -0.2) is 48.9 Å². The monoisotopic (exact) mass is 411 g/mol. The molecule has 1 fully saturated rings. The van der Waals surface area contributed by atoms with Gasteiger partial charge in [0.2, 0.25) is 0 Å². The van der Waals surface area contributed by atoms with Gasteiger partial charge in [0, 0.05) is 6.54 Å². The average Bonchev–Trinajstić information content (AvgIpc) is 2.89. The van der Waals surface area contributed by atoms with E-state index in [4.69, 9.17) is 21.1 Å². The Morgan fingerprint density at radius 2 is 2.07 bits per heavy atom. The lowest BCUT2D eigenvalue weighted by Crippen LogP contribution is -2.27. The minimum absolute atomic E-state index is 0.146. The smallest absolute Gasteiger partial charge is 0.343 e. The standard InChI is InChI=1S/C18H18ClNO6S/c1-4-6-20-17(22)14(27-18(20)23)9-11-7-12(19)16(13(8-11)25-5-2)26-10-15(21)24-3/h4,7-9H,1,5-6,10H2,2-3H3/b14-9-. The van der Waals surface area contributed by atoms with Crippen LogP contribution >= 0.6 is 23.4 Å². The number of rotatable bonds is 8. The molecule has 9 heteroatoms. The van der Waals surface area contributed by atoms with E-state index in [2.05, 4.69) is 11.3 Å². The zero-order chi connectivity index (χ0) is 20.0. The second-order valence-electron chi connectivity index (χ2n) is 5.21. The van der Waals surface area contributed by atoms with E-state index in [1.54, 1.807) is 25.1 Å². The minimum Gasteiger partial charge on any atom is -0.490 e. The second kappa shape index (κ2) is 9.48. The third-order valence-electron chi connectivity index (χ3n) is 3.38. The van der Waals surface area contributed by atoms with Gasteiger partial charge >= 0.3 is 5.97 Å². The number of carbonyl (C=O) groups excluding carboxylic acids is 3. The molecule has 1 heterocycles. The predicted molar refractivity (Wildman–Crippen MR) is 103 cm³/mol. The van der Waals surface area contributed by atoms with Gasteiger partial charge in [0.15, 0.2) is 18.1 Å². The summed E-state index contributed by atoms with van der Waals surface area (Å²) in [7, 11) is 1.25. The normalized spacial score (nSPS) is 15.2. The Kier molecular flexibility index (Phi) is 7.32. The number of carbonyl (C=O) groups is 3. The number of ether oxygens (including phenoxy) is 3. The molecule has 0 aromatic heterocycles. The van der Waals surface area contributed by atoms with Crippen LogP contribution in [0.4, 0.5) is 4.79 Å². The number of halogens is 1. The number of hydrogen-bond acceptors (Lipinski definition) is 7. The Hall–Kier alpha value is -2.45. The first-order valence-electron chi connectivity index (χ1n) is 7.93. The zero-order valence-electron chi connectivity index (χ0n) is 14.8. The van der Waals surface area contributed by atoms with Crippen molar-refractivity contribution >= 4 is 46.6 Å². The molecule has 0 aliphatic carbocycles. The van der Waals surface area contributed by atoms with Gasteiger partial charge in [-0.05, 0) is 42.5 Å². The van der Waals surface area contributed by atoms with Crippen molar-refractivity contribution in [3.8, 4) is 11.5 Å². The summed E-state index contributed by atoms with van der Waals surface area (Å²) in [5, 5.41) is -0.165. The van der Waals surface area contributed by atoms with Crippen molar-refractivity contribution in [2.75, 3.05) is 26.9 Å². The zero-order valence-corrected chi connectivity index (χ0v) is 16.4. The first kappa shape index (κ1) is 20.9. The first-order chi connectivity index (χ1) is 12.9. The van der Waals surface area contributed by atoms with Crippen LogP contribution in [0.3, 0.4) is 0 Å². The van der Waals surface area contributed by atoms with E-state index < -0.39 is 11.9 Å². The molecule has 2 rings (SSSR count). The van der Waals surface area contributed by atoms with Gasteiger partial charge in [0.25, 0.3) is 11.1 Å². The number of amides is 2. The molecule has 1 aliphatic rings.